The highest BCUT2D eigenvalue weighted by Crippen LogP contribution is 2.09. The van der Waals surface area contributed by atoms with Crippen LogP contribution < -0.4 is 0 Å². The Labute approximate surface area is 94.0 Å². The van der Waals surface area contributed by atoms with Gasteiger partial charge in [-0.15, -0.1) is 5.10 Å². The van der Waals surface area contributed by atoms with E-state index < -0.39 is 0 Å². The second kappa shape index (κ2) is 5.07. The van der Waals surface area contributed by atoms with Crippen molar-refractivity contribution in [2.45, 2.75) is 32.6 Å². The van der Waals surface area contributed by atoms with E-state index in [1.807, 2.05) is 0 Å². The number of amides is 1. The molecule has 2 heterocycles. The highest BCUT2D eigenvalue weighted by atomic mass is 16.7. The molecule has 1 fully saturated rings. The molecule has 0 unspecified atom stereocenters. The van der Waals surface area contributed by atoms with Crippen LogP contribution in [-0.4, -0.2) is 39.3 Å². The number of nitrogens with zero attached hydrogens (tertiary/aromatic N) is 3. The molecule has 0 radical (unpaired) electrons. The summed E-state index contributed by atoms with van der Waals surface area (Å²) >= 11 is 0. The lowest BCUT2D eigenvalue weighted by Gasteiger charge is -2.24. The average Bonchev–Trinajstić information content (AvgIpc) is 2.78. The standard InChI is InChI=1S/C10H16N4O2/c1-2-5-8-11-9(13-12-8)10(15)14-6-3-4-7-16-14/h2-7H2,1H3,(H,11,12,13). The summed E-state index contributed by atoms with van der Waals surface area (Å²) in [7, 11) is 0. The number of hydrogen-bond acceptors (Lipinski definition) is 4. The summed E-state index contributed by atoms with van der Waals surface area (Å²) in [6, 6.07) is 0. The number of H-pyrrole nitrogens is 1. The van der Waals surface area contributed by atoms with Gasteiger partial charge in [0.1, 0.15) is 5.82 Å². The molecule has 6 heteroatoms. The van der Waals surface area contributed by atoms with Crippen molar-refractivity contribution in [1.82, 2.24) is 20.2 Å². The summed E-state index contributed by atoms with van der Waals surface area (Å²) in [5.41, 5.74) is 0. The first-order valence-electron chi connectivity index (χ1n) is 5.67. The SMILES string of the molecule is CCCc1nc(C(=O)N2CCCCO2)n[nH]1. The van der Waals surface area contributed by atoms with Gasteiger partial charge in [0.25, 0.3) is 0 Å². The van der Waals surface area contributed by atoms with Gasteiger partial charge in [-0.05, 0) is 19.3 Å². The minimum atomic E-state index is -0.252. The third-order valence-corrected chi connectivity index (χ3v) is 2.44. The summed E-state index contributed by atoms with van der Waals surface area (Å²) in [5, 5.41) is 8.01. The zero-order chi connectivity index (χ0) is 11.4. The fraction of sp³-hybridized carbons (Fsp3) is 0.700. The summed E-state index contributed by atoms with van der Waals surface area (Å²) < 4.78 is 0. The Morgan fingerprint density at radius 1 is 1.56 bits per heavy atom. The molecule has 0 saturated carbocycles. The van der Waals surface area contributed by atoms with Crippen molar-refractivity contribution in [2.75, 3.05) is 13.2 Å². The van der Waals surface area contributed by atoms with Crippen LogP contribution >= 0.6 is 0 Å². The number of nitrogens with one attached hydrogen (secondary N) is 1. The number of aryl methyl sites for hydroxylation is 1. The number of aromatic nitrogens is 3. The Kier molecular flexibility index (Phi) is 3.51. The van der Waals surface area contributed by atoms with Gasteiger partial charge in [-0.25, -0.2) is 10.0 Å². The molecule has 1 aliphatic heterocycles. The van der Waals surface area contributed by atoms with E-state index in [-0.39, 0.29) is 11.7 Å². The van der Waals surface area contributed by atoms with Gasteiger partial charge in [-0.1, -0.05) is 6.92 Å². The van der Waals surface area contributed by atoms with Gasteiger partial charge in [0.05, 0.1) is 6.61 Å². The molecule has 0 bridgehead atoms. The normalized spacial score (nSPS) is 16.4. The fourth-order valence-electron chi connectivity index (χ4n) is 1.61. The third-order valence-electron chi connectivity index (χ3n) is 2.44. The number of aromatic amines is 1. The lowest BCUT2D eigenvalue weighted by atomic mass is 10.3. The van der Waals surface area contributed by atoms with Crippen molar-refractivity contribution in [3.8, 4) is 0 Å². The van der Waals surface area contributed by atoms with Crippen molar-refractivity contribution < 1.29 is 9.63 Å². The van der Waals surface area contributed by atoms with Crippen LogP contribution in [0.4, 0.5) is 0 Å². The van der Waals surface area contributed by atoms with Crippen molar-refractivity contribution in [2.24, 2.45) is 0 Å². The lowest BCUT2D eigenvalue weighted by Crippen LogP contribution is -2.36. The first-order chi connectivity index (χ1) is 7.81. The molecule has 1 saturated heterocycles. The smallest absolute Gasteiger partial charge is 0.271 e. The number of hydrogen-bond donors (Lipinski definition) is 1. The molecule has 2 rings (SSSR count). The molecule has 0 aromatic carbocycles. The first kappa shape index (κ1) is 11.1. The van der Waals surface area contributed by atoms with Crippen molar-refractivity contribution in [3.05, 3.63) is 11.6 Å². The van der Waals surface area contributed by atoms with Crippen LogP contribution in [-0.2, 0) is 11.3 Å². The van der Waals surface area contributed by atoms with E-state index in [1.165, 1.54) is 5.06 Å². The second-order valence-corrected chi connectivity index (χ2v) is 3.80. The van der Waals surface area contributed by atoms with Crippen LogP contribution in [0.1, 0.15) is 42.6 Å². The summed E-state index contributed by atoms with van der Waals surface area (Å²) in [4.78, 5) is 21.3. The van der Waals surface area contributed by atoms with Crippen LogP contribution in [0, 0.1) is 0 Å². The Morgan fingerprint density at radius 2 is 2.44 bits per heavy atom. The molecule has 6 nitrogen and oxygen atoms in total. The Bertz CT molecular complexity index is 357. The second-order valence-electron chi connectivity index (χ2n) is 3.80. The first-order valence-corrected chi connectivity index (χ1v) is 5.67. The molecule has 0 aliphatic carbocycles. The highest BCUT2D eigenvalue weighted by molar-refractivity contribution is 5.89. The van der Waals surface area contributed by atoms with Crippen LogP contribution in [0.5, 0.6) is 0 Å². The van der Waals surface area contributed by atoms with E-state index in [0.29, 0.717) is 13.2 Å². The van der Waals surface area contributed by atoms with Gasteiger partial charge in [0.15, 0.2) is 0 Å². The topological polar surface area (TPSA) is 71.1 Å². The number of hydroxylamine groups is 2. The van der Waals surface area contributed by atoms with Gasteiger partial charge >= 0.3 is 5.91 Å². The quantitative estimate of drug-likeness (QED) is 0.828. The maximum atomic E-state index is 11.9. The molecule has 88 valence electrons. The van der Waals surface area contributed by atoms with E-state index >= 15 is 0 Å². The molecule has 0 spiro atoms. The van der Waals surface area contributed by atoms with Gasteiger partial charge in [-0.2, -0.15) is 0 Å². The van der Waals surface area contributed by atoms with Crippen molar-refractivity contribution in [1.29, 1.82) is 0 Å². The zero-order valence-corrected chi connectivity index (χ0v) is 9.40. The van der Waals surface area contributed by atoms with Crippen LogP contribution in [0.3, 0.4) is 0 Å². The van der Waals surface area contributed by atoms with Crippen molar-refractivity contribution >= 4 is 5.91 Å². The number of carbonyl (C=O) groups is 1. The van der Waals surface area contributed by atoms with Gasteiger partial charge in [0, 0.05) is 13.0 Å². The van der Waals surface area contributed by atoms with E-state index in [2.05, 4.69) is 22.1 Å². The Morgan fingerprint density at radius 3 is 3.12 bits per heavy atom. The Balaban J connectivity index is 2.01. The number of rotatable bonds is 3. The lowest BCUT2D eigenvalue weighted by molar-refractivity contribution is -0.144. The van der Waals surface area contributed by atoms with Gasteiger partial charge < -0.3 is 0 Å². The molecule has 1 aliphatic rings. The molecule has 1 aromatic heterocycles. The largest absolute Gasteiger partial charge is 0.317 e. The third kappa shape index (κ3) is 2.38. The van der Waals surface area contributed by atoms with Crippen LogP contribution in [0.25, 0.3) is 0 Å². The van der Waals surface area contributed by atoms with Crippen molar-refractivity contribution in [3.63, 3.8) is 0 Å². The summed E-state index contributed by atoms with van der Waals surface area (Å²) in [6.07, 6.45) is 3.75. The maximum absolute atomic E-state index is 11.9. The molecular weight excluding hydrogens is 208 g/mol. The Hall–Kier alpha value is -1.43. The minimum absolute atomic E-state index is 0.199. The predicted octanol–water partition coefficient (Wildman–Crippen LogP) is 0.925. The average molecular weight is 224 g/mol. The van der Waals surface area contributed by atoms with Gasteiger partial charge in [-0.3, -0.25) is 14.7 Å². The summed E-state index contributed by atoms with van der Waals surface area (Å²) in [6.45, 7) is 3.27. The van der Waals surface area contributed by atoms with E-state index in [1.54, 1.807) is 0 Å². The molecule has 1 aromatic rings. The maximum Gasteiger partial charge on any atom is 0.317 e. The van der Waals surface area contributed by atoms with Gasteiger partial charge in [0.2, 0.25) is 5.82 Å². The van der Waals surface area contributed by atoms with E-state index in [9.17, 15) is 4.79 Å². The van der Waals surface area contributed by atoms with E-state index in [4.69, 9.17) is 4.84 Å². The molecule has 16 heavy (non-hydrogen) atoms. The zero-order valence-electron chi connectivity index (χ0n) is 9.40. The van der Waals surface area contributed by atoms with Crippen LogP contribution in [0.15, 0.2) is 0 Å². The molecule has 0 atom stereocenters. The number of carbonyl (C=O) groups excluding carboxylic acids is 1. The summed E-state index contributed by atoms with van der Waals surface area (Å²) in [5.74, 6) is 0.700. The monoisotopic (exact) mass is 224 g/mol. The minimum Gasteiger partial charge on any atom is -0.271 e. The molecule has 1 amide bonds. The molecule has 1 N–H and O–H groups in total. The van der Waals surface area contributed by atoms with E-state index in [0.717, 1.165) is 31.5 Å². The van der Waals surface area contributed by atoms with Crippen LogP contribution in [0.2, 0.25) is 0 Å². The molecular formula is C10H16N4O2. The fourth-order valence-corrected chi connectivity index (χ4v) is 1.61. The highest BCUT2D eigenvalue weighted by Gasteiger charge is 2.22. The predicted molar refractivity (Wildman–Crippen MR) is 56.6 cm³/mol.